The molecule has 0 saturated carbocycles. The average Bonchev–Trinajstić information content (AvgIpc) is 2.82. The Morgan fingerprint density at radius 1 is 1.40 bits per heavy atom. The van der Waals surface area contributed by atoms with Gasteiger partial charge in [-0.25, -0.2) is 9.67 Å². The number of hydrazine groups is 1. The normalized spacial score (nSPS) is 12.9. The summed E-state index contributed by atoms with van der Waals surface area (Å²) in [7, 11) is 0. The summed E-state index contributed by atoms with van der Waals surface area (Å²) in [6, 6.07) is 5.91. The quantitative estimate of drug-likeness (QED) is 0.637. The molecule has 20 heavy (non-hydrogen) atoms. The third kappa shape index (κ3) is 3.58. The monoisotopic (exact) mass is 357 g/mol. The van der Waals surface area contributed by atoms with Gasteiger partial charge in [0.05, 0.1) is 6.04 Å². The van der Waals surface area contributed by atoms with Crippen LogP contribution in [0.1, 0.15) is 37.3 Å². The molecule has 5 nitrogen and oxygen atoms in total. The van der Waals surface area contributed by atoms with E-state index in [2.05, 4.69) is 45.3 Å². The molecule has 3 N–H and O–H groups in total. The first-order valence-electron chi connectivity index (χ1n) is 6.31. The van der Waals surface area contributed by atoms with Gasteiger partial charge in [-0.05, 0) is 37.6 Å². The highest BCUT2D eigenvalue weighted by Crippen LogP contribution is 2.25. The van der Waals surface area contributed by atoms with Crippen LogP contribution in [0, 0.1) is 0 Å². The van der Waals surface area contributed by atoms with Crippen LogP contribution in [0.3, 0.4) is 0 Å². The Balaban J connectivity index is 2.26. The Bertz CT molecular complexity index is 564. The maximum Gasteiger partial charge on any atom is 0.138 e. The summed E-state index contributed by atoms with van der Waals surface area (Å²) in [5.74, 6) is 6.57. The Morgan fingerprint density at radius 3 is 2.75 bits per heavy atom. The molecule has 0 spiro atoms. The summed E-state index contributed by atoms with van der Waals surface area (Å²) in [5, 5.41) is 4.90. The molecule has 2 rings (SSSR count). The van der Waals surface area contributed by atoms with Crippen LogP contribution in [0.25, 0.3) is 0 Å². The Hall–Kier alpha value is -0.950. The average molecular weight is 359 g/mol. The van der Waals surface area contributed by atoms with Crippen molar-refractivity contribution >= 4 is 27.5 Å². The molecule has 0 radical (unpaired) electrons. The van der Waals surface area contributed by atoms with Crippen LogP contribution in [0.5, 0.6) is 0 Å². The van der Waals surface area contributed by atoms with E-state index in [-0.39, 0.29) is 12.1 Å². The Morgan fingerprint density at radius 2 is 2.15 bits per heavy atom. The lowest BCUT2D eigenvalue weighted by Gasteiger charge is -2.18. The maximum absolute atomic E-state index is 6.08. The van der Waals surface area contributed by atoms with Crippen molar-refractivity contribution in [3.8, 4) is 0 Å². The van der Waals surface area contributed by atoms with Crippen LogP contribution in [-0.4, -0.2) is 14.8 Å². The zero-order chi connectivity index (χ0) is 14.7. The molecule has 1 aromatic carbocycles. The van der Waals surface area contributed by atoms with Gasteiger partial charge in [-0.3, -0.25) is 11.3 Å². The number of hydrogen-bond acceptors (Lipinski definition) is 4. The minimum absolute atomic E-state index is 0.0771. The lowest BCUT2D eigenvalue weighted by molar-refractivity contribution is 0.468. The number of nitrogens with one attached hydrogen (secondary N) is 1. The van der Waals surface area contributed by atoms with Crippen LogP contribution >= 0.6 is 27.5 Å². The van der Waals surface area contributed by atoms with Gasteiger partial charge < -0.3 is 0 Å². The Labute approximate surface area is 131 Å². The second kappa shape index (κ2) is 6.67. The predicted octanol–water partition coefficient (Wildman–Crippen LogP) is 3.02. The molecule has 1 heterocycles. The SMILES string of the molecule is CC(C)n1ncnc1CC(NN)c1cc(Cl)cc(Br)c1. The number of nitrogens with two attached hydrogens (primary N) is 1. The Kier molecular flexibility index (Phi) is 5.15. The molecule has 0 fully saturated rings. The summed E-state index contributed by atoms with van der Waals surface area (Å²) in [4.78, 5) is 4.31. The lowest BCUT2D eigenvalue weighted by Crippen LogP contribution is -2.30. The first-order valence-corrected chi connectivity index (χ1v) is 7.49. The van der Waals surface area contributed by atoms with Gasteiger partial charge in [0, 0.05) is 22.0 Å². The van der Waals surface area contributed by atoms with Gasteiger partial charge in [-0.1, -0.05) is 27.5 Å². The minimum Gasteiger partial charge on any atom is -0.271 e. The highest BCUT2D eigenvalue weighted by atomic mass is 79.9. The van der Waals surface area contributed by atoms with Crippen molar-refractivity contribution in [3.05, 3.63) is 45.4 Å². The fourth-order valence-corrected chi connectivity index (χ4v) is 2.97. The molecule has 1 atom stereocenters. The third-order valence-corrected chi connectivity index (χ3v) is 3.69. The summed E-state index contributed by atoms with van der Waals surface area (Å²) < 4.78 is 2.81. The first kappa shape index (κ1) is 15.4. The highest BCUT2D eigenvalue weighted by Gasteiger charge is 2.16. The molecule has 0 bridgehead atoms. The van der Waals surface area contributed by atoms with E-state index in [9.17, 15) is 0 Å². The van der Waals surface area contributed by atoms with Gasteiger partial charge in [0.15, 0.2) is 0 Å². The third-order valence-electron chi connectivity index (χ3n) is 3.01. The molecule has 2 aromatic rings. The molecule has 7 heteroatoms. The molecule has 0 aliphatic rings. The molecule has 0 aliphatic heterocycles. The smallest absolute Gasteiger partial charge is 0.138 e. The maximum atomic E-state index is 6.08. The molecular formula is C13H17BrClN5. The van der Waals surface area contributed by atoms with Gasteiger partial charge in [-0.15, -0.1) is 0 Å². The second-order valence-electron chi connectivity index (χ2n) is 4.84. The van der Waals surface area contributed by atoms with Crippen molar-refractivity contribution in [1.82, 2.24) is 20.2 Å². The summed E-state index contributed by atoms with van der Waals surface area (Å²) in [6.45, 7) is 4.14. The van der Waals surface area contributed by atoms with Crippen LogP contribution in [-0.2, 0) is 6.42 Å². The van der Waals surface area contributed by atoms with Crippen LogP contribution < -0.4 is 11.3 Å². The summed E-state index contributed by atoms with van der Waals surface area (Å²) in [5.41, 5.74) is 3.82. The molecular weight excluding hydrogens is 342 g/mol. The fraction of sp³-hybridized carbons (Fsp3) is 0.385. The second-order valence-corrected chi connectivity index (χ2v) is 6.19. The predicted molar refractivity (Wildman–Crippen MR) is 83.3 cm³/mol. The zero-order valence-electron chi connectivity index (χ0n) is 11.3. The van der Waals surface area contributed by atoms with Crippen molar-refractivity contribution in [1.29, 1.82) is 0 Å². The number of aromatic nitrogens is 3. The van der Waals surface area contributed by atoms with Crippen molar-refractivity contribution in [2.24, 2.45) is 5.84 Å². The van der Waals surface area contributed by atoms with Crippen LogP contribution in [0.2, 0.25) is 5.02 Å². The van der Waals surface area contributed by atoms with E-state index in [1.807, 2.05) is 22.9 Å². The number of nitrogens with zero attached hydrogens (tertiary/aromatic N) is 3. The lowest BCUT2D eigenvalue weighted by atomic mass is 10.0. The molecule has 1 aromatic heterocycles. The number of halogens is 2. The number of benzene rings is 1. The van der Waals surface area contributed by atoms with E-state index in [0.717, 1.165) is 15.9 Å². The van der Waals surface area contributed by atoms with Gasteiger partial charge in [0.1, 0.15) is 12.2 Å². The van der Waals surface area contributed by atoms with E-state index in [1.54, 1.807) is 6.33 Å². The molecule has 0 saturated heterocycles. The van der Waals surface area contributed by atoms with Crippen molar-refractivity contribution < 1.29 is 0 Å². The molecule has 0 amide bonds. The van der Waals surface area contributed by atoms with Gasteiger partial charge >= 0.3 is 0 Å². The molecule has 108 valence electrons. The number of hydrogen-bond donors (Lipinski definition) is 2. The van der Waals surface area contributed by atoms with Gasteiger partial charge in [-0.2, -0.15) is 5.10 Å². The first-order chi connectivity index (χ1) is 9.51. The minimum atomic E-state index is -0.0771. The standard InChI is InChI=1S/C13H17BrClN5/c1-8(2)20-13(17-7-18-20)6-12(19-16)9-3-10(14)5-11(15)4-9/h3-5,7-8,12,19H,6,16H2,1-2H3. The topological polar surface area (TPSA) is 68.8 Å². The molecule has 0 aliphatic carbocycles. The van der Waals surface area contributed by atoms with Crippen molar-refractivity contribution in [2.75, 3.05) is 0 Å². The van der Waals surface area contributed by atoms with E-state index >= 15 is 0 Å². The van der Waals surface area contributed by atoms with Gasteiger partial charge in [0.25, 0.3) is 0 Å². The largest absolute Gasteiger partial charge is 0.271 e. The van der Waals surface area contributed by atoms with Crippen molar-refractivity contribution in [2.45, 2.75) is 32.4 Å². The fourth-order valence-electron chi connectivity index (χ4n) is 2.08. The summed E-state index contributed by atoms with van der Waals surface area (Å²) in [6.07, 6.45) is 2.21. The van der Waals surface area contributed by atoms with E-state index in [0.29, 0.717) is 11.4 Å². The van der Waals surface area contributed by atoms with Crippen LogP contribution in [0.4, 0.5) is 0 Å². The highest BCUT2D eigenvalue weighted by molar-refractivity contribution is 9.10. The molecule has 1 unspecified atom stereocenters. The van der Waals surface area contributed by atoms with Crippen LogP contribution in [0.15, 0.2) is 29.0 Å². The van der Waals surface area contributed by atoms with E-state index < -0.39 is 0 Å². The summed E-state index contributed by atoms with van der Waals surface area (Å²) >= 11 is 9.52. The van der Waals surface area contributed by atoms with Crippen molar-refractivity contribution in [3.63, 3.8) is 0 Å². The van der Waals surface area contributed by atoms with E-state index in [4.69, 9.17) is 17.4 Å². The zero-order valence-corrected chi connectivity index (χ0v) is 13.7. The number of rotatable bonds is 5. The van der Waals surface area contributed by atoms with Gasteiger partial charge in [0.2, 0.25) is 0 Å². The van der Waals surface area contributed by atoms with E-state index in [1.165, 1.54) is 0 Å².